The Bertz CT molecular complexity index is 381. The minimum absolute atomic E-state index is 0.300. The molecule has 18 heavy (non-hydrogen) atoms. The maximum atomic E-state index is 5.61. The normalized spacial score (nSPS) is 25.1. The third kappa shape index (κ3) is 2.85. The molecule has 1 aromatic carbocycles. The lowest BCUT2D eigenvalue weighted by Gasteiger charge is -2.25. The van der Waals surface area contributed by atoms with Gasteiger partial charge in [-0.15, -0.1) is 0 Å². The summed E-state index contributed by atoms with van der Waals surface area (Å²) in [7, 11) is 1.73. The standard InChI is InChI=1S/C15H23NO2/c1-4-13(16-14-9-10-18-11(14)2)12-7-5-6-8-15(12)17-3/h5-8,11,13-14,16H,4,9-10H2,1-3H3. The molecule has 2 rings (SSSR count). The highest BCUT2D eigenvalue weighted by Crippen LogP contribution is 2.28. The molecule has 0 radical (unpaired) electrons. The fourth-order valence-electron chi connectivity index (χ4n) is 2.59. The Labute approximate surface area is 109 Å². The first-order valence-corrected chi connectivity index (χ1v) is 6.76. The Morgan fingerprint density at radius 3 is 2.83 bits per heavy atom. The number of rotatable bonds is 5. The number of para-hydroxylation sites is 1. The van der Waals surface area contributed by atoms with Gasteiger partial charge in [-0.1, -0.05) is 25.1 Å². The van der Waals surface area contributed by atoms with E-state index in [2.05, 4.69) is 31.3 Å². The van der Waals surface area contributed by atoms with Crippen LogP contribution in [0.5, 0.6) is 5.75 Å². The van der Waals surface area contributed by atoms with Crippen LogP contribution >= 0.6 is 0 Å². The second-order valence-electron chi connectivity index (χ2n) is 4.84. The van der Waals surface area contributed by atoms with Gasteiger partial charge in [-0.3, -0.25) is 0 Å². The van der Waals surface area contributed by atoms with Crippen LogP contribution < -0.4 is 10.1 Å². The zero-order valence-electron chi connectivity index (χ0n) is 11.5. The summed E-state index contributed by atoms with van der Waals surface area (Å²) in [5, 5.41) is 3.70. The van der Waals surface area contributed by atoms with Crippen molar-refractivity contribution in [2.45, 2.75) is 44.9 Å². The summed E-state index contributed by atoms with van der Waals surface area (Å²) >= 11 is 0. The third-order valence-electron chi connectivity index (χ3n) is 3.71. The molecule has 1 saturated heterocycles. The molecule has 0 aromatic heterocycles. The predicted molar refractivity (Wildman–Crippen MR) is 73.0 cm³/mol. The number of hydrogen-bond donors (Lipinski definition) is 1. The van der Waals surface area contributed by atoms with E-state index in [0.717, 1.165) is 25.2 Å². The van der Waals surface area contributed by atoms with E-state index in [1.165, 1.54) is 5.56 Å². The zero-order valence-corrected chi connectivity index (χ0v) is 11.5. The summed E-state index contributed by atoms with van der Waals surface area (Å²) < 4.78 is 11.1. The van der Waals surface area contributed by atoms with Gasteiger partial charge < -0.3 is 14.8 Å². The first-order chi connectivity index (χ1) is 8.76. The highest BCUT2D eigenvalue weighted by Gasteiger charge is 2.27. The third-order valence-corrected chi connectivity index (χ3v) is 3.71. The predicted octanol–water partition coefficient (Wildman–Crippen LogP) is 2.91. The molecular weight excluding hydrogens is 226 g/mol. The molecule has 3 unspecified atom stereocenters. The average Bonchev–Trinajstić information content (AvgIpc) is 2.81. The second kappa shape index (κ2) is 6.21. The van der Waals surface area contributed by atoms with E-state index in [0.29, 0.717) is 18.2 Å². The summed E-state index contributed by atoms with van der Waals surface area (Å²) in [6, 6.07) is 9.01. The maximum Gasteiger partial charge on any atom is 0.123 e. The Balaban J connectivity index is 2.12. The van der Waals surface area contributed by atoms with E-state index in [-0.39, 0.29) is 0 Å². The summed E-state index contributed by atoms with van der Waals surface area (Å²) in [6.45, 7) is 5.20. The lowest BCUT2D eigenvalue weighted by Crippen LogP contribution is -2.37. The maximum absolute atomic E-state index is 5.61. The number of ether oxygens (including phenoxy) is 2. The van der Waals surface area contributed by atoms with Gasteiger partial charge in [0.15, 0.2) is 0 Å². The minimum Gasteiger partial charge on any atom is -0.496 e. The summed E-state index contributed by atoms with van der Waals surface area (Å²) in [5.74, 6) is 0.961. The van der Waals surface area contributed by atoms with E-state index in [9.17, 15) is 0 Å². The summed E-state index contributed by atoms with van der Waals surface area (Å²) in [5.41, 5.74) is 1.24. The smallest absolute Gasteiger partial charge is 0.123 e. The quantitative estimate of drug-likeness (QED) is 0.870. The van der Waals surface area contributed by atoms with Crippen molar-refractivity contribution in [3.05, 3.63) is 29.8 Å². The molecule has 0 aliphatic carbocycles. The Kier molecular flexibility index (Phi) is 4.61. The van der Waals surface area contributed by atoms with Crippen molar-refractivity contribution >= 4 is 0 Å². The van der Waals surface area contributed by atoms with Crippen LogP contribution in [0.1, 0.15) is 38.3 Å². The van der Waals surface area contributed by atoms with Gasteiger partial charge in [-0.2, -0.15) is 0 Å². The zero-order chi connectivity index (χ0) is 13.0. The van der Waals surface area contributed by atoms with E-state index in [4.69, 9.17) is 9.47 Å². The van der Waals surface area contributed by atoms with Crippen LogP contribution in [0.3, 0.4) is 0 Å². The second-order valence-corrected chi connectivity index (χ2v) is 4.84. The molecule has 1 heterocycles. The monoisotopic (exact) mass is 249 g/mol. The van der Waals surface area contributed by atoms with Crippen molar-refractivity contribution in [2.24, 2.45) is 0 Å². The van der Waals surface area contributed by atoms with Crippen molar-refractivity contribution in [3.8, 4) is 5.75 Å². The Morgan fingerprint density at radius 2 is 2.22 bits per heavy atom. The van der Waals surface area contributed by atoms with E-state index in [1.54, 1.807) is 7.11 Å². The van der Waals surface area contributed by atoms with E-state index < -0.39 is 0 Å². The van der Waals surface area contributed by atoms with Crippen LogP contribution in [0.25, 0.3) is 0 Å². The molecule has 3 heteroatoms. The molecule has 1 aromatic rings. The highest BCUT2D eigenvalue weighted by atomic mass is 16.5. The minimum atomic E-state index is 0.300. The van der Waals surface area contributed by atoms with Crippen molar-refractivity contribution < 1.29 is 9.47 Å². The summed E-state index contributed by atoms with van der Waals surface area (Å²) in [4.78, 5) is 0. The molecule has 0 amide bonds. The van der Waals surface area contributed by atoms with Crippen LogP contribution in [-0.4, -0.2) is 25.9 Å². The van der Waals surface area contributed by atoms with Gasteiger partial charge in [-0.05, 0) is 25.8 Å². The SMILES string of the molecule is CCC(NC1CCOC1C)c1ccccc1OC. The first kappa shape index (κ1) is 13.4. The summed E-state index contributed by atoms with van der Waals surface area (Å²) in [6.07, 6.45) is 2.44. The Hall–Kier alpha value is -1.06. The molecule has 1 N–H and O–H groups in total. The molecule has 3 nitrogen and oxygen atoms in total. The molecule has 100 valence electrons. The van der Waals surface area contributed by atoms with Gasteiger partial charge in [0.05, 0.1) is 13.2 Å². The molecule has 1 aliphatic heterocycles. The molecule has 3 atom stereocenters. The van der Waals surface area contributed by atoms with Crippen molar-refractivity contribution in [2.75, 3.05) is 13.7 Å². The lowest BCUT2D eigenvalue weighted by molar-refractivity contribution is 0.110. The van der Waals surface area contributed by atoms with Crippen LogP contribution in [-0.2, 0) is 4.74 Å². The van der Waals surface area contributed by atoms with Gasteiger partial charge in [0.2, 0.25) is 0 Å². The topological polar surface area (TPSA) is 30.5 Å². The van der Waals surface area contributed by atoms with Crippen LogP contribution in [0.15, 0.2) is 24.3 Å². The van der Waals surface area contributed by atoms with E-state index >= 15 is 0 Å². The fraction of sp³-hybridized carbons (Fsp3) is 0.600. The largest absolute Gasteiger partial charge is 0.496 e. The van der Waals surface area contributed by atoms with Crippen LogP contribution in [0.2, 0.25) is 0 Å². The van der Waals surface area contributed by atoms with Gasteiger partial charge >= 0.3 is 0 Å². The van der Waals surface area contributed by atoms with Gasteiger partial charge in [-0.25, -0.2) is 0 Å². The van der Waals surface area contributed by atoms with Crippen LogP contribution in [0.4, 0.5) is 0 Å². The van der Waals surface area contributed by atoms with Gasteiger partial charge in [0.1, 0.15) is 5.75 Å². The number of methoxy groups -OCH3 is 1. The van der Waals surface area contributed by atoms with Gasteiger partial charge in [0.25, 0.3) is 0 Å². The molecular formula is C15H23NO2. The molecule has 0 spiro atoms. The number of benzene rings is 1. The average molecular weight is 249 g/mol. The molecule has 0 bridgehead atoms. The first-order valence-electron chi connectivity index (χ1n) is 6.76. The highest BCUT2D eigenvalue weighted by molar-refractivity contribution is 5.35. The fourth-order valence-corrected chi connectivity index (χ4v) is 2.59. The molecule has 1 aliphatic rings. The molecule has 1 fully saturated rings. The van der Waals surface area contributed by atoms with E-state index in [1.807, 2.05) is 12.1 Å². The van der Waals surface area contributed by atoms with Gasteiger partial charge in [0, 0.05) is 24.3 Å². The lowest BCUT2D eigenvalue weighted by atomic mass is 10.0. The van der Waals surface area contributed by atoms with Crippen molar-refractivity contribution in [1.82, 2.24) is 5.32 Å². The van der Waals surface area contributed by atoms with Crippen molar-refractivity contribution in [3.63, 3.8) is 0 Å². The number of nitrogens with one attached hydrogen (secondary N) is 1. The number of hydrogen-bond acceptors (Lipinski definition) is 3. The van der Waals surface area contributed by atoms with Crippen molar-refractivity contribution in [1.29, 1.82) is 0 Å². The molecule has 0 saturated carbocycles. The van der Waals surface area contributed by atoms with Crippen LogP contribution in [0, 0.1) is 0 Å². The Morgan fingerprint density at radius 1 is 1.44 bits per heavy atom.